The SMILES string of the molecule is O=Cc1ccnc(Nc2nc(-c3ccccn3)cs2)c1. The van der Waals surface area contributed by atoms with Crippen LogP contribution in [0.3, 0.4) is 0 Å². The summed E-state index contributed by atoms with van der Waals surface area (Å²) >= 11 is 1.46. The van der Waals surface area contributed by atoms with Gasteiger partial charge in [-0.2, -0.15) is 0 Å². The van der Waals surface area contributed by atoms with Gasteiger partial charge in [0, 0.05) is 23.3 Å². The van der Waals surface area contributed by atoms with Crippen LogP contribution in [0.15, 0.2) is 48.1 Å². The van der Waals surface area contributed by atoms with Crippen molar-refractivity contribution in [2.24, 2.45) is 0 Å². The Hall–Kier alpha value is -2.60. The number of nitrogens with zero attached hydrogens (tertiary/aromatic N) is 3. The van der Waals surface area contributed by atoms with Gasteiger partial charge in [-0.25, -0.2) is 9.97 Å². The fourth-order valence-electron chi connectivity index (χ4n) is 1.66. The second kappa shape index (κ2) is 5.58. The summed E-state index contributed by atoms with van der Waals surface area (Å²) in [6.07, 6.45) is 4.10. The van der Waals surface area contributed by atoms with Gasteiger partial charge in [0.05, 0.1) is 5.69 Å². The molecule has 0 aliphatic carbocycles. The van der Waals surface area contributed by atoms with E-state index in [1.165, 1.54) is 11.3 Å². The number of aromatic nitrogens is 3. The molecule has 0 spiro atoms. The third-order valence-corrected chi connectivity index (χ3v) is 3.34. The summed E-state index contributed by atoms with van der Waals surface area (Å²) in [5.41, 5.74) is 2.21. The van der Waals surface area contributed by atoms with E-state index in [0.717, 1.165) is 17.7 Å². The summed E-state index contributed by atoms with van der Waals surface area (Å²) in [5, 5.41) is 5.71. The predicted molar refractivity (Wildman–Crippen MR) is 78.3 cm³/mol. The molecule has 1 N–H and O–H groups in total. The Bertz CT molecular complexity index is 727. The minimum atomic E-state index is 0.573. The van der Waals surface area contributed by atoms with Crippen molar-refractivity contribution < 1.29 is 4.79 Å². The Morgan fingerprint density at radius 3 is 2.85 bits per heavy atom. The average Bonchev–Trinajstić information content (AvgIpc) is 2.97. The van der Waals surface area contributed by atoms with Gasteiger partial charge in [-0.05, 0) is 24.3 Å². The zero-order valence-electron chi connectivity index (χ0n) is 10.4. The highest BCUT2D eigenvalue weighted by atomic mass is 32.1. The second-order valence-electron chi connectivity index (χ2n) is 3.97. The molecular formula is C14H10N4OS. The zero-order valence-corrected chi connectivity index (χ0v) is 11.2. The van der Waals surface area contributed by atoms with Gasteiger partial charge in [-0.3, -0.25) is 9.78 Å². The molecule has 0 aromatic carbocycles. The lowest BCUT2D eigenvalue weighted by atomic mass is 10.3. The molecule has 0 radical (unpaired) electrons. The Labute approximate surface area is 119 Å². The number of thiazole rings is 1. The second-order valence-corrected chi connectivity index (χ2v) is 4.83. The van der Waals surface area contributed by atoms with Crippen molar-refractivity contribution in [2.75, 3.05) is 5.32 Å². The predicted octanol–water partition coefficient (Wildman–Crippen LogP) is 3.16. The number of carbonyl (C=O) groups excluding carboxylic acids is 1. The number of anilines is 2. The van der Waals surface area contributed by atoms with Gasteiger partial charge >= 0.3 is 0 Å². The third-order valence-electron chi connectivity index (χ3n) is 2.59. The van der Waals surface area contributed by atoms with E-state index in [2.05, 4.69) is 20.3 Å². The maximum Gasteiger partial charge on any atom is 0.188 e. The van der Waals surface area contributed by atoms with Crippen molar-refractivity contribution in [3.05, 3.63) is 53.7 Å². The largest absolute Gasteiger partial charge is 0.316 e. The highest BCUT2D eigenvalue weighted by Gasteiger charge is 2.06. The summed E-state index contributed by atoms with van der Waals surface area (Å²) in [6, 6.07) is 9.02. The van der Waals surface area contributed by atoms with Crippen LogP contribution < -0.4 is 5.32 Å². The first-order chi connectivity index (χ1) is 9.85. The molecule has 0 amide bonds. The zero-order chi connectivity index (χ0) is 13.8. The van der Waals surface area contributed by atoms with Crippen LogP contribution >= 0.6 is 11.3 Å². The summed E-state index contributed by atoms with van der Waals surface area (Å²) in [6.45, 7) is 0. The number of carbonyl (C=O) groups is 1. The van der Waals surface area contributed by atoms with Crippen LogP contribution in [-0.4, -0.2) is 21.2 Å². The van der Waals surface area contributed by atoms with Gasteiger partial charge in [-0.15, -0.1) is 11.3 Å². The van der Waals surface area contributed by atoms with E-state index in [1.807, 2.05) is 23.6 Å². The standard InChI is InChI=1S/C14H10N4OS/c19-8-10-4-6-16-13(7-10)18-14-17-12(9-20-14)11-3-1-2-5-15-11/h1-9H,(H,16,17,18). The number of aldehydes is 1. The molecule has 0 saturated carbocycles. The molecular weight excluding hydrogens is 272 g/mol. The molecule has 0 atom stereocenters. The number of hydrogen-bond acceptors (Lipinski definition) is 6. The lowest BCUT2D eigenvalue weighted by Gasteiger charge is -2.01. The number of rotatable bonds is 4. The van der Waals surface area contributed by atoms with Gasteiger partial charge in [0.2, 0.25) is 0 Å². The highest BCUT2D eigenvalue weighted by molar-refractivity contribution is 7.14. The molecule has 0 aliphatic heterocycles. The van der Waals surface area contributed by atoms with Gasteiger partial charge in [0.1, 0.15) is 17.8 Å². The highest BCUT2D eigenvalue weighted by Crippen LogP contribution is 2.25. The van der Waals surface area contributed by atoms with E-state index < -0.39 is 0 Å². The topological polar surface area (TPSA) is 67.8 Å². The monoisotopic (exact) mass is 282 g/mol. The molecule has 0 saturated heterocycles. The lowest BCUT2D eigenvalue weighted by molar-refractivity contribution is 0.112. The molecule has 3 aromatic heterocycles. The number of pyridine rings is 2. The smallest absolute Gasteiger partial charge is 0.188 e. The summed E-state index contributed by atoms with van der Waals surface area (Å²) < 4.78 is 0. The van der Waals surface area contributed by atoms with Crippen LogP contribution in [0, 0.1) is 0 Å². The molecule has 0 bridgehead atoms. The van der Waals surface area contributed by atoms with Gasteiger partial charge in [-0.1, -0.05) is 6.07 Å². The third kappa shape index (κ3) is 2.70. The van der Waals surface area contributed by atoms with Crippen LogP contribution in [0.5, 0.6) is 0 Å². The fraction of sp³-hybridized carbons (Fsp3) is 0. The minimum Gasteiger partial charge on any atom is -0.316 e. The Morgan fingerprint density at radius 2 is 2.05 bits per heavy atom. The van der Waals surface area contributed by atoms with Crippen molar-refractivity contribution in [2.45, 2.75) is 0 Å². The normalized spacial score (nSPS) is 10.2. The summed E-state index contributed by atoms with van der Waals surface area (Å²) in [4.78, 5) is 23.6. The maximum absolute atomic E-state index is 10.7. The van der Waals surface area contributed by atoms with Crippen molar-refractivity contribution >= 4 is 28.6 Å². The Balaban J connectivity index is 1.82. The van der Waals surface area contributed by atoms with E-state index in [4.69, 9.17) is 0 Å². The lowest BCUT2D eigenvalue weighted by Crippen LogP contribution is -1.94. The first-order valence-corrected chi connectivity index (χ1v) is 6.78. The van der Waals surface area contributed by atoms with E-state index in [-0.39, 0.29) is 0 Å². The van der Waals surface area contributed by atoms with Crippen molar-refractivity contribution in [3.63, 3.8) is 0 Å². The van der Waals surface area contributed by atoms with Crippen LogP contribution in [0.25, 0.3) is 11.4 Å². The van der Waals surface area contributed by atoms with E-state index >= 15 is 0 Å². The van der Waals surface area contributed by atoms with E-state index in [0.29, 0.717) is 16.5 Å². The molecule has 6 heteroatoms. The van der Waals surface area contributed by atoms with Crippen LogP contribution in [0.1, 0.15) is 10.4 Å². The first kappa shape index (κ1) is 12.4. The summed E-state index contributed by atoms with van der Waals surface area (Å²) in [5.74, 6) is 0.594. The van der Waals surface area contributed by atoms with Crippen molar-refractivity contribution in [1.29, 1.82) is 0 Å². The fourth-order valence-corrected chi connectivity index (χ4v) is 2.37. The van der Waals surface area contributed by atoms with Crippen molar-refractivity contribution in [3.8, 4) is 11.4 Å². The Kier molecular flexibility index (Phi) is 3.47. The molecule has 3 heterocycles. The number of hydrogen-bond donors (Lipinski definition) is 1. The van der Waals surface area contributed by atoms with Gasteiger partial charge < -0.3 is 5.32 Å². The molecule has 98 valence electrons. The van der Waals surface area contributed by atoms with Crippen LogP contribution in [0.4, 0.5) is 10.9 Å². The van der Waals surface area contributed by atoms with Crippen LogP contribution in [-0.2, 0) is 0 Å². The maximum atomic E-state index is 10.7. The quantitative estimate of drug-likeness (QED) is 0.744. The van der Waals surface area contributed by atoms with E-state index in [9.17, 15) is 4.79 Å². The molecule has 0 unspecified atom stereocenters. The number of nitrogens with one attached hydrogen (secondary N) is 1. The van der Waals surface area contributed by atoms with E-state index in [1.54, 1.807) is 24.5 Å². The minimum absolute atomic E-state index is 0.573. The molecule has 0 aliphatic rings. The van der Waals surface area contributed by atoms with Crippen LogP contribution in [0.2, 0.25) is 0 Å². The first-order valence-electron chi connectivity index (χ1n) is 5.90. The Morgan fingerprint density at radius 1 is 1.10 bits per heavy atom. The molecule has 5 nitrogen and oxygen atoms in total. The van der Waals surface area contributed by atoms with Gasteiger partial charge in [0.25, 0.3) is 0 Å². The summed E-state index contributed by atoms with van der Waals surface area (Å²) in [7, 11) is 0. The van der Waals surface area contributed by atoms with Gasteiger partial charge in [0.15, 0.2) is 5.13 Å². The molecule has 0 fully saturated rings. The average molecular weight is 282 g/mol. The molecule has 3 rings (SSSR count). The molecule has 20 heavy (non-hydrogen) atoms. The molecule has 3 aromatic rings. The van der Waals surface area contributed by atoms with Crippen molar-refractivity contribution in [1.82, 2.24) is 15.0 Å².